The van der Waals surface area contributed by atoms with Crippen LogP contribution in [0.25, 0.3) is 0 Å². The molecule has 0 spiro atoms. The van der Waals surface area contributed by atoms with Crippen molar-refractivity contribution in [2.75, 3.05) is 7.11 Å². The Bertz CT molecular complexity index is 140. The van der Waals surface area contributed by atoms with Gasteiger partial charge in [0.25, 0.3) is 0 Å². The summed E-state index contributed by atoms with van der Waals surface area (Å²) < 4.78 is 4.55. The fraction of sp³-hybridized carbons (Fsp3) is 0.857. The Kier molecular flexibility index (Phi) is 3.48. The molecule has 0 aromatic heterocycles. The molecule has 0 saturated heterocycles. The van der Waals surface area contributed by atoms with Crippen LogP contribution in [0.4, 0.5) is 0 Å². The van der Waals surface area contributed by atoms with E-state index in [0.29, 0.717) is 0 Å². The highest BCUT2D eigenvalue weighted by Gasteiger charge is 2.30. The number of hydrazine groups is 1. The van der Waals surface area contributed by atoms with Gasteiger partial charge in [-0.1, -0.05) is 20.8 Å². The van der Waals surface area contributed by atoms with Gasteiger partial charge in [0.15, 0.2) is 0 Å². The largest absolute Gasteiger partial charge is 0.468 e. The molecule has 0 bridgehead atoms. The number of methoxy groups -OCH3 is 1. The highest BCUT2D eigenvalue weighted by molar-refractivity contribution is 5.76. The molecule has 0 aliphatic carbocycles. The van der Waals surface area contributed by atoms with Gasteiger partial charge in [0.1, 0.15) is 6.04 Å². The molecule has 0 rings (SSSR count). The van der Waals surface area contributed by atoms with Gasteiger partial charge in [-0.05, 0) is 5.41 Å². The average Bonchev–Trinajstić information content (AvgIpc) is 1.86. The van der Waals surface area contributed by atoms with Gasteiger partial charge in [-0.3, -0.25) is 10.6 Å². The van der Waals surface area contributed by atoms with E-state index in [1.807, 2.05) is 20.8 Å². The van der Waals surface area contributed by atoms with Crippen LogP contribution in [-0.2, 0) is 9.53 Å². The normalized spacial score (nSPS) is 14.3. The number of nitrogens with two attached hydrogens (primary N) is 1. The molecular formula is C7H16N2O2. The first-order valence-corrected chi connectivity index (χ1v) is 3.47. The molecule has 0 aromatic carbocycles. The lowest BCUT2D eigenvalue weighted by Gasteiger charge is -2.27. The van der Waals surface area contributed by atoms with Crippen molar-refractivity contribution in [2.45, 2.75) is 26.8 Å². The van der Waals surface area contributed by atoms with Gasteiger partial charge in [-0.15, -0.1) is 0 Å². The summed E-state index contributed by atoms with van der Waals surface area (Å²) in [5.74, 6) is 4.85. The maximum absolute atomic E-state index is 11.0. The highest BCUT2D eigenvalue weighted by Crippen LogP contribution is 2.19. The molecule has 11 heavy (non-hydrogen) atoms. The lowest BCUT2D eigenvalue weighted by atomic mass is 9.87. The molecule has 0 aromatic rings. The number of carbonyl (C=O) groups is 1. The first-order valence-electron chi connectivity index (χ1n) is 3.47. The Balaban J connectivity index is 4.29. The Labute approximate surface area is 67.1 Å². The van der Waals surface area contributed by atoms with E-state index in [1.54, 1.807) is 0 Å². The maximum atomic E-state index is 11.0. The van der Waals surface area contributed by atoms with Gasteiger partial charge in [0, 0.05) is 0 Å². The van der Waals surface area contributed by atoms with Crippen LogP contribution in [0.1, 0.15) is 20.8 Å². The number of carbonyl (C=O) groups excluding carboxylic acids is 1. The third kappa shape index (κ3) is 2.86. The first-order chi connectivity index (χ1) is 4.93. The summed E-state index contributed by atoms with van der Waals surface area (Å²) in [5.41, 5.74) is 2.20. The van der Waals surface area contributed by atoms with Crippen LogP contribution in [0.2, 0.25) is 0 Å². The molecule has 0 fully saturated rings. The molecule has 4 heteroatoms. The SMILES string of the molecule is COC(=O)C(NN)C(C)(C)C. The van der Waals surface area contributed by atoms with E-state index in [1.165, 1.54) is 7.11 Å². The smallest absolute Gasteiger partial charge is 0.324 e. The maximum Gasteiger partial charge on any atom is 0.324 e. The molecule has 1 unspecified atom stereocenters. The zero-order valence-electron chi connectivity index (χ0n) is 7.47. The molecule has 0 radical (unpaired) electrons. The second-order valence-corrected chi connectivity index (χ2v) is 3.49. The summed E-state index contributed by atoms with van der Waals surface area (Å²) in [6, 6.07) is -0.451. The van der Waals surface area contributed by atoms with Crippen LogP contribution >= 0.6 is 0 Å². The Hall–Kier alpha value is -0.610. The zero-order chi connectivity index (χ0) is 9.07. The van der Waals surface area contributed by atoms with E-state index in [0.717, 1.165) is 0 Å². The van der Waals surface area contributed by atoms with Gasteiger partial charge < -0.3 is 4.74 Å². The number of hydrogen-bond donors (Lipinski definition) is 2. The number of rotatable bonds is 2. The minimum atomic E-state index is -0.451. The molecule has 0 heterocycles. The number of nitrogens with one attached hydrogen (secondary N) is 1. The van der Waals surface area contributed by atoms with Crippen LogP contribution < -0.4 is 11.3 Å². The molecule has 0 aliphatic heterocycles. The van der Waals surface area contributed by atoms with Gasteiger partial charge in [0.05, 0.1) is 7.11 Å². The van der Waals surface area contributed by atoms with E-state index in [2.05, 4.69) is 10.2 Å². The fourth-order valence-corrected chi connectivity index (χ4v) is 0.789. The summed E-state index contributed by atoms with van der Waals surface area (Å²) in [4.78, 5) is 11.0. The van der Waals surface area contributed by atoms with Gasteiger partial charge >= 0.3 is 5.97 Å². The Morgan fingerprint density at radius 3 is 2.09 bits per heavy atom. The molecular weight excluding hydrogens is 144 g/mol. The second kappa shape index (κ2) is 3.69. The monoisotopic (exact) mass is 160 g/mol. The van der Waals surface area contributed by atoms with Crippen molar-refractivity contribution in [3.05, 3.63) is 0 Å². The van der Waals surface area contributed by atoms with Crippen molar-refractivity contribution >= 4 is 5.97 Å². The molecule has 66 valence electrons. The molecule has 0 saturated carbocycles. The Morgan fingerprint density at radius 2 is 2.00 bits per heavy atom. The van der Waals surface area contributed by atoms with Crippen LogP contribution in [0.3, 0.4) is 0 Å². The van der Waals surface area contributed by atoms with Crippen molar-refractivity contribution in [1.29, 1.82) is 0 Å². The van der Waals surface area contributed by atoms with E-state index < -0.39 is 6.04 Å². The lowest BCUT2D eigenvalue weighted by Crippen LogP contribution is -2.50. The minimum absolute atomic E-state index is 0.220. The van der Waals surface area contributed by atoms with E-state index in [-0.39, 0.29) is 11.4 Å². The second-order valence-electron chi connectivity index (χ2n) is 3.49. The zero-order valence-corrected chi connectivity index (χ0v) is 7.47. The van der Waals surface area contributed by atoms with E-state index in [9.17, 15) is 4.79 Å². The summed E-state index contributed by atoms with van der Waals surface area (Å²) in [5, 5.41) is 0. The van der Waals surface area contributed by atoms with E-state index >= 15 is 0 Å². The topological polar surface area (TPSA) is 64.3 Å². The summed E-state index contributed by atoms with van der Waals surface area (Å²) >= 11 is 0. The van der Waals surface area contributed by atoms with Crippen molar-refractivity contribution < 1.29 is 9.53 Å². The van der Waals surface area contributed by atoms with Crippen LogP contribution in [0, 0.1) is 5.41 Å². The molecule has 0 amide bonds. The quantitative estimate of drug-likeness (QED) is 0.340. The molecule has 3 N–H and O–H groups in total. The van der Waals surface area contributed by atoms with Crippen molar-refractivity contribution in [2.24, 2.45) is 11.3 Å². The summed E-state index contributed by atoms with van der Waals surface area (Å²) in [7, 11) is 1.35. The van der Waals surface area contributed by atoms with Crippen LogP contribution in [0.5, 0.6) is 0 Å². The number of ether oxygens (including phenoxy) is 1. The summed E-state index contributed by atoms with van der Waals surface area (Å²) in [6.45, 7) is 5.73. The summed E-state index contributed by atoms with van der Waals surface area (Å²) in [6.07, 6.45) is 0. The fourth-order valence-electron chi connectivity index (χ4n) is 0.789. The average molecular weight is 160 g/mol. The highest BCUT2D eigenvalue weighted by atomic mass is 16.5. The number of esters is 1. The van der Waals surface area contributed by atoms with Crippen molar-refractivity contribution in [3.8, 4) is 0 Å². The minimum Gasteiger partial charge on any atom is -0.468 e. The van der Waals surface area contributed by atoms with Crippen LogP contribution in [-0.4, -0.2) is 19.1 Å². The van der Waals surface area contributed by atoms with Crippen molar-refractivity contribution in [1.82, 2.24) is 5.43 Å². The van der Waals surface area contributed by atoms with Gasteiger partial charge in [0.2, 0.25) is 0 Å². The third-order valence-corrected chi connectivity index (χ3v) is 1.47. The standard InChI is InChI=1S/C7H16N2O2/c1-7(2,3)5(9-8)6(10)11-4/h5,9H,8H2,1-4H3. The first kappa shape index (κ1) is 10.4. The van der Waals surface area contributed by atoms with E-state index in [4.69, 9.17) is 5.84 Å². The van der Waals surface area contributed by atoms with Gasteiger partial charge in [-0.2, -0.15) is 0 Å². The molecule has 0 aliphatic rings. The number of hydrogen-bond acceptors (Lipinski definition) is 4. The lowest BCUT2D eigenvalue weighted by molar-refractivity contribution is -0.146. The Morgan fingerprint density at radius 1 is 1.55 bits per heavy atom. The predicted molar refractivity (Wildman–Crippen MR) is 42.6 cm³/mol. The molecule has 4 nitrogen and oxygen atoms in total. The molecule has 1 atom stereocenters. The van der Waals surface area contributed by atoms with Crippen molar-refractivity contribution in [3.63, 3.8) is 0 Å². The predicted octanol–water partition coefficient (Wildman–Crippen LogP) is 0.0374. The third-order valence-electron chi connectivity index (χ3n) is 1.47. The van der Waals surface area contributed by atoms with Gasteiger partial charge in [-0.25, -0.2) is 5.43 Å². The van der Waals surface area contributed by atoms with Crippen LogP contribution in [0.15, 0.2) is 0 Å².